The summed E-state index contributed by atoms with van der Waals surface area (Å²) in [5.74, 6) is -0.512. The lowest BCUT2D eigenvalue weighted by Crippen LogP contribution is -2.54. The minimum atomic E-state index is -1.05. The molecule has 2 unspecified atom stereocenters. The number of nitrogens with zero attached hydrogens (tertiary/aromatic N) is 4. The molecule has 0 spiro atoms. The van der Waals surface area contributed by atoms with Crippen molar-refractivity contribution in [2.75, 3.05) is 83.7 Å². The Hall–Kier alpha value is -2.42. The van der Waals surface area contributed by atoms with Crippen LogP contribution in [0.2, 0.25) is 0 Å². The highest BCUT2D eigenvalue weighted by Crippen LogP contribution is 2.33. The van der Waals surface area contributed by atoms with Crippen LogP contribution in [-0.4, -0.2) is 143 Å². The van der Waals surface area contributed by atoms with E-state index in [-0.39, 0.29) is 18.4 Å². The van der Waals surface area contributed by atoms with Crippen LogP contribution in [0.5, 0.6) is 0 Å². The Kier molecular flexibility index (Phi) is 11.8. The average molecular weight is 566 g/mol. The second kappa shape index (κ2) is 14.8. The Bertz CT molecular complexity index is 961. The average Bonchev–Trinajstić information content (AvgIpc) is 3.26. The molecule has 0 radical (unpaired) electrons. The summed E-state index contributed by atoms with van der Waals surface area (Å²) < 4.78 is 0. The lowest BCUT2D eigenvalue weighted by Gasteiger charge is -2.32. The van der Waals surface area contributed by atoms with Crippen LogP contribution in [0.25, 0.3) is 0 Å². The maximum absolute atomic E-state index is 13.0. The van der Waals surface area contributed by atoms with Crippen molar-refractivity contribution in [2.24, 2.45) is 5.73 Å². The molecule has 1 aromatic rings. The van der Waals surface area contributed by atoms with Crippen LogP contribution < -0.4 is 16.4 Å². The van der Waals surface area contributed by atoms with Gasteiger partial charge in [-0.05, 0) is 38.2 Å². The molecule has 2 aliphatic rings. The first-order chi connectivity index (χ1) is 18.6. The number of anilines is 2. The molecule has 2 fully saturated rings. The number of benzene rings is 1. The number of nitrogens with two attached hydrogens (primary N) is 1. The standard InChI is InChI=1S/C26H43N7O5S/c1-4-33-24(37)21(39-26(33)23(27)25(38)31(3)16-20(35)17-34)15-28-18-5-7-19(8-6-18)29-22(36)9-10-32-13-11-30(2)12-14-32/h5-8,20-21,23,26,28,34-35H,4,9-17,27H2,1-3H3,(H,29,36)/t20?,21-,23-,26?/m1/s1. The van der Waals surface area contributed by atoms with Crippen molar-refractivity contribution in [3.8, 4) is 0 Å². The van der Waals surface area contributed by atoms with E-state index >= 15 is 0 Å². The Labute approximate surface area is 234 Å². The van der Waals surface area contributed by atoms with Crippen LogP contribution >= 0.6 is 11.8 Å². The molecule has 2 aliphatic heterocycles. The van der Waals surface area contributed by atoms with Gasteiger partial charge in [-0.25, -0.2) is 0 Å². The van der Waals surface area contributed by atoms with Crippen LogP contribution in [0.4, 0.5) is 11.4 Å². The van der Waals surface area contributed by atoms with Crippen LogP contribution in [-0.2, 0) is 14.4 Å². The monoisotopic (exact) mass is 565 g/mol. The van der Waals surface area contributed by atoms with Gasteiger partial charge in [0.2, 0.25) is 17.7 Å². The highest BCUT2D eigenvalue weighted by atomic mass is 32.2. The summed E-state index contributed by atoms with van der Waals surface area (Å²) in [6.07, 6.45) is -0.604. The number of carbonyl (C=O) groups is 3. The molecule has 3 amide bonds. The molecule has 39 heavy (non-hydrogen) atoms. The minimum absolute atomic E-state index is 0.0179. The van der Waals surface area contributed by atoms with E-state index in [0.717, 1.165) is 38.4 Å². The number of aliphatic hydroxyl groups is 2. The zero-order valence-electron chi connectivity index (χ0n) is 23.1. The van der Waals surface area contributed by atoms with E-state index in [1.54, 1.807) is 4.90 Å². The Balaban J connectivity index is 1.47. The number of aliphatic hydroxyl groups excluding tert-OH is 2. The first-order valence-corrected chi connectivity index (χ1v) is 14.4. The number of amides is 3. The highest BCUT2D eigenvalue weighted by Gasteiger charge is 2.44. The van der Waals surface area contributed by atoms with E-state index in [4.69, 9.17) is 10.8 Å². The van der Waals surface area contributed by atoms with E-state index in [0.29, 0.717) is 25.2 Å². The Morgan fingerprint density at radius 1 is 1.18 bits per heavy atom. The predicted molar refractivity (Wildman–Crippen MR) is 153 cm³/mol. The summed E-state index contributed by atoms with van der Waals surface area (Å²) in [6, 6.07) is 6.40. The SMILES string of the molecule is CCN1C(=O)[C@@H](CNc2ccc(NC(=O)CCN3CCN(C)CC3)cc2)SC1[C@H](N)C(=O)N(C)CC(O)CO. The summed E-state index contributed by atoms with van der Waals surface area (Å²) in [4.78, 5) is 45.7. The molecule has 218 valence electrons. The van der Waals surface area contributed by atoms with E-state index < -0.39 is 35.3 Å². The van der Waals surface area contributed by atoms with E-state index in [1.807, 2.05) is 31.2 Å². The van der Waals surface area contributed by atoms with Crippen LogP contribution in [0.1, 0.15) is 13.3 Å². The number of thioether (sulfide) groups is 1. The van der Waals surface area contributed by atoms with Gasteiger partial charge in [0.05, 0.1) is 12.7 Å². The van der Waals surface area contributed by atoms with Crippen molar-refractivity contribution in [1.29, 1.82) is 0 Å². The molecule has 0 aromatic heterocycles. The van der Waals surface area contributed by atoms with Crippen molar-refractivity contribution < 1.29 is 24.6 Å². The number of likely N-dealkylation sites (N-methyl/N-ethyl adjacent to an activating group) is 3. The predicted octanol–water partition coefficient (Wildman–Crippen LogP) is -0.897. The van der Waals surface area contributed by atoms with E-state index in [1.165, 1.54) is 23.7 Å². The summed E-state index contributed by atoms with van der Waals surface area (Å²) in [5.41, 5.74) is 7.78. The molecular weight excluding hydrogens is 522 g/mol. The quantitative estimate of drug-likeness (QED) is 0.203. The molecule has 0 aliphatic carbocycles. The third-order valence-corrected chi connectivity index (χ3v) is 8.61. The lowest BCUT2D eigenvalue weighted by atomic mass is 10.2. The third-order valence-electron chi connectivity index (χ3n) is 7.09. The molecular formula is C26H43N7O5S. The molecule has 6 N–H and O–H groups in total. The largest absolute Gasteiger partial charge is 0.394 e. The van der Waals surface area contributed by atoms with Crippen LogP contribution in [0, 0.1) is 0 Å². The molecule has 1 aromatic carbocycles. The molecule has 4 atom stereocenters. The van der Waals surface area contributed by atoms with Crippen molar-refractivity contribution in [3.63, 3.8) is 0 Å². The summed E-state index contributed by atoms with van der Waals surface area (Å²) >= 11 is 1.34. The van der Waals surface area contributed by atoms with E-state index in [2.05, 4.69) is 27.5 Å². The zero-order chi connectivity index (χ0) is 28.5. The molecule has 2 heterocycles. The van der Waals surface area contributed by atoms with Gasteiger partial charge in [-0.1, -0.05) is 0 Å². The minimum Gasteiger partial charge on any atom is -0.394 e. The van der Waals surface area contributed by atoms with Crippen molar-refractivity contribution in [3.05, 3.63) is 24.3 Å². The molecule has 12 nitrogen and oxygen atoms in total. The normalized spacial score (nSPS) is 22.0. The number of nitrogens with one attached hydrogen (secondary N) is 2. The van der Waals surface area contributed by atoms with Gasteiger partial charge in [0.1, 0.15) is 16.7 Å². The van der Waals surface area contributed by atoms with Gasteiger partial charge in [-0.15, -0.1) is 11.8 Å². The zero-order valence-corrected chi connectivity index (χ0v) is 23.9. The number of hydrogen-bond donors (Lipinski definition) is 5. The van der Waals surface area contributed by atoms with Gasteiger partial charge < -0.3 is 46.2 Å². The molecule has 13 heteroatoms. The number of hydrogen-bond acceptors (Lipinski definition) is 10. The summed E-state index contributed by atoms with van der Waals surface area (Å²) in [7, 11) is 3.62. The van der Waals surface area contributed by atoms with Gasteiger partial charge in [0.15, 0.2) is 0 Å². The Morgan fingerprint density at radius 2 is 1.82 bits per heavy atom. The second-order valence-corrected chi connectivity index (χ2v) is 11.4. The van der Waals surface area contributed by atoms with Gasteiger partial charge >= 0.3 is 0 Å². The van der Waals surface area contributed by atoms with Gasteiger partial charge in [0.25, 0.3) is 0 Å². The summed E-state index contributed by atoms with van der Waals surface area (Å²) in [5, 5.41) is 23.9. The first kappa shape index (κ1) is 31.1. The van der Waals surface area contributed by atoms with Crippen LogP contribution in [0.15, 0.2) is 24.3 Å². The second-order valence-electron chi connectivity index (χ2n) is 10.1. The smallest absolute Gasteiger partial charge is 0.242 e. The third kappa shape index (κ3) is 8.78. The molecule has 0 bridgehead atoms. The number of carbonyl (C=O) groups excluding carboxylic acids is 3. The fourth-order valence-electron chi connectivity index (χ4n) is 4.64. The maximum Gasteiger partial charge on any atom is 0.242 e. The lowest BCUT2D eigenvalue weighted by molar-refractivity contribution is -0.135. The van der Waals surface area contributed by atoms with Crippen molar-refractivity contribution in [2.45, 2.75) is 36.1 Å². The van der Waals surface area contributed by atoms with Crippen molar-refractivity contribution in [1.82, 2.24) is 19.6 Å². The first-order valence-electron chi connectivity index (χ1n) is 13.4. The maximum atomic E-state index is 13.0. The van der Waals surface area contributed by atoms with Gasteiger partial charge in [-0.3, -0.25) is 14.4 Å². The van der Waals surface area contributed by atoms with Crippen LogP contribution in [0.3, 0.4) is 0 Å². The fourth-order valence-corrected chi connectivity index (χ4v) is 6.09. The van der Waals surface area contributed by atoms with Gasteiger partial charge in [-0.2, -0.15) is 0 Å². The van der Waals surface area contributed by atoms with E-state index in [9.17, 15) is 19.5 Å². The topological polar surface area (TPSA) is 155 Å². The van der Waals surface area contributed by atoms with Gasteiger partial charge in [0, 0.05) is 77.2 Å². The molecule has 2 saturated heterocycles. The number of rotatable bonds is 13. The molecule has 3 rings (SSSR count). The summed E-state index contributed by atoms with van der Waals surface area (Å²) in [6.45, 7) is 6.88. The number of piperazine rings is 1. The highest BCUT2D eigenvalue weighted by molar-refractivity contribution is 8.01. The fraction of sp³-hybridized carbons (Fsp3) is 0.654. The van der Waals surface area contributed by atoms with Crippen molar-refractivity contribution >= 4 is 40.9 Å². The molecule has 0 saturated carbocycles. The Morgan fingerprint density at radius 3 is 2.44 bits per heavy atom.